The molecule has 0 spiro atoms. The number of amides is 1. The molecule has 0 heterocycles. The van der Waals surface area contributed by atoms with E-state index in [9.17, 15) is 4.79 Å². The summed E-state index contributed by atoms with van der Waals surface area (Å²) in [6.07, 6.45) is 4.31. The molecule has 1 rings (SSSR count). The van der Waals surface area contributed by atoms with Gasteiger partial charge in [0.2, 0.25) is 5.91 Å². The SMILES string of the molecule is C=CCNC(=O)/C(=C/c1ccccc1)CC. The summed E-state index contributed by atoms with van der Waals surface area (Å²) in [5, 5.41) is 2.78. The number of hydrogen-bond donors (Lipinski definition) is 1. The molecule has 2 nitrogen and oxygen atoms in total. The highest BCUT2D eigenvalue weighted by Gasteiger charge is 2.05. The van der Waals surface area contributed by atoms with E-state index in [4.69, 9.17) is 0 Å². The van der Waals surface area contributed by atoms with Gasteiger partial charge in [-0.05, 0) is 18.1 Å². The van der Waals surface area contributed by atoms with Gasteiger partial charge >= 0.3 is 0 Å². The molecule has 0 aliphatic carbocycles. The molecular formula is C14H17NO. The lowest BCUT2D eigenvalue weighted by Gasteiger charge is -2.05. The minimum absolute atomic E-state index is 0.0220. The van der Waals surface area contributed by atoms with E-state index in [1.807, 2.05) is 43.3 Å². The number of rotatable bonds is 5. The normalized spacial score (nSPS) is 10.9. The molecule has 16 heavy (non-hydrogen) atoms. The van der Waals surface area contributed by atoms with Crippen LogP contribution in [0.4, 0.5) is 0 Å². The van der Waals surface area contributed by atoms with Crippen molar-refractivity contribution in [1.82, 2.24) is 5.32 Å². The third-order valence-electron chi connectivity index (χ3n) is 2.22. The molecule has 0 saturated heterocycles. The van der Waals surface area contributed by atoms with Gasteiger partial charge in [-0.15, -0.1) is 6.58 Å². The second-order valence-corrected chi connectivity index (χ2v) is 3.43. The van der Waals surface area contributed by atoms with Crippen molar-refractivity contribution in [3.8, 4) is 0 Å². The summed E-state index contributed by atoms with van der Waals surface area (Å²) in [5.74, 6) is -0.0220. The predicted molar refractivity (Wildman–Crippen MR) is 67.9 cm³/mol. The molecule has 0 fully saturated rings. The van der Waals surface area contributed by atoms with E-state index < -0.39 is 0 Å². The van der Waals surface area contributed by atoms with Gasteiger partial charge in [-0.25, -0.2) is 0 Å². The molecule has 1 aromatic rings. The first-order valence-electron chi connectivity index (χ1n) is 5.42. The van der Waals surface area contributed by atoms with E-state index in [0.717, 1.165) is 17.6 Å². The van der Waals surface area contributed by atoms with Crippen molar-refractivity contribution in [2.45, 2.75) is 13.3 Å². The van der Waals surface area contributed by atoms with E-state index in [1.165, 1.54) is 0 Å². The van der Waals surface area contributed by atoms with Gasteiger partial charge < -0.3 is 5.32 Å². The lowest BCUT2D eigenvalue weighted by atomic mass is 10.1. The Morgan fingerprint density at radius 3 is 2.62 bits per heavy atom. The van der Waals surface area contributed by atoms with Gasteiger partial charge in [0.15, 0.2) is 0 Å². The fraction of sp³-hybridized carbons (Fsp3) is 0.214. The van der Waals surface area contributed by atoms with E-state index in [-0.39, 0.29) is 5.91 Å². The van der Waals surface area contributed by atoms with Crippen molar-refractivity contribution in [1.29, 1.82) is 0 Å². The number of carbonyl (C=O) groups is 1. The first-order valence-corrected chi connectivity index (χ1v) is 5.42. The van der Waals surface area contributed by atoms with Gasteiger partial charge in [0.1, 0.15) is 0 Å². The molecule has 1 N–H and O–H groups in total. The third-order valence-corrected chi connectivity index (χ3v) is 2.22. The molecular weight excluding hydrogens is 198 g/mol. The zero-order chi connectivity index (χ0) is 11.8. The van der Waals surface area contributed by atoms with Crippen LogP contribution in [0.1, 0.15) is 18.9 Å². The summed E-state index contributed by atoms with van der Waals surface area (Å²) in [7, 11) is 0. The molecule has 0 bridgehead atoms. The van der Waals surface area contributed by atoms with Gasteiger partial charge in [-0.1, -0.05) is 43.3 Å². The summed E-state index contributed by atoms with van der Waals surface area (Å²) in [6.45, 7) is 6.05. The van der Waals surface area contributed by atoms with Gasteiger partial charge in [-0.3, -0.25) is 4.79 Å². The zero-order valence-electron chi connectivity index (χ0n) is 9.57. The van der Waals surface area contributed by atoms with Crippen LogP contribution < -0.4 is 5.32 Å². The summed E-state index contributed by atoms with van der Waals surface area (Å²) in [5.41, 5.74) is 1.83. The standard InChI is InChI=1S/C14H17NO/c1-3-10-15-14(16)13(4-2)11-12-8-6-5-7-9-12/h3,5-9,11H,1,4,10H2,2H3,(H,15,16)/b13-11+. The van der Waals surface area contributed by atoms with E-state index in [1.54, 1.807) is 6.08 Å². The van der Waals surface area contributed by atoms with Crippen LogP contribution >= 0.6 is 0 Å². The van der Waals surface area contributed by atoms with Crippen LogP contribution in [0.5, 0.6) is 0 Å². The van der Waals surface area contributed by atoms with Crippen LogP contribution in [-0.4, -0.2) is 12.5 Å². The maximum Gasteiger partial charge on any atom is 0.247 e. The summed E-state index contributed by atoms with van der Waals surface area (Å²) >= 11 is 0. The summed E-state index contributed by atoms with van der Waals surface area (Å²) in [4.78, 5) is 11.7. The molecule has 0 aliphatic rings. The number of hydrogen-bond acceptors (Lipinski definition) is 1. The Labute approximate surface area is 96.7 Å². The average Bonchev–Trinajstić information content (AvgIpc) is 2.34. The lowest BCUT2D eigenvalue weighted by Crippen LogP contribution is -2.24. The molecule has 0 atom stereocenters. The van der Waals surface area contributed by atoms with Gasteiger partial charge in [0.05, 0.1) is 0 Å². The second-order valence-electron chi connectivity index (χ2n) is 3.43. The van der Waals surface area contributed by atoms with E-state index in [0.29, 0.717) is 6.54 Å². The first-order chi connectivity index (χ1) is 7.77. The number of benzene rings is 1. The van der Waals surface area contributed by atoms with Crippen LogP contribution in [-0.2, 0) is 4.79 Å². The fourth-order valence-corrected chi connectivity index (χ4v) is 1.36. The minimum atomic E-state index is -0.0220. The van der Waals surface area contributed by atoms with Crippen molar-refractivity contribution in [3.05, 3.63) is 54.1 Å². The third kappa shape index (κ3) is 3.73. The van der Waals surface area contributed by atoms with Crippen LogP contribution in [0.3, 0.4) is 0 Å². The van der Waals surface area contributed by atoms with Crippen LogP contribution in [0.25, 0.3) is 6.08 Å². The molecule has 0 aromatic heterocycles. The van der Waals surface area contributed by atoms with Crippen LogP contribution in [0.2, 0.25) is 0 Å². The van der Waals surface area contributed by atoms with E-state index >= 15 is 0 Å². The molecule has 0 unspecified atom stereocenters. The highest BCUT2D eigenvalue weighted by Crippen LogP contribution is 2.09. The quantitative estimate of drug-likeness (QED) is 0.594. The van der Waals surface area contributed by atoms with Crippen molar-refractivity contribution in [3.63, 3.8) is 0 Å². The van der Waals surface area contributed by atoms with Gasteiger partial charge in [-0.2, -0.15) is 0 Å². The Kier molecular flexibility index (Phi) is 5.06. The highest BCUT2D eigenvalue weighted by atomic mass is 16.1. The first kappa shape index (κ1) is 12.2. The van der Waals surface area contributed by atoms with Crippen LogP contribution in [0.15, 0.2) is 48.6 Å². The van der Waals surface area contributed by atoms with Gasteiger partial charge in [0.25, 0.3) is 0 Å². The van der Waals surface area contributed by atoms with Crippen molar-refractivity contribution >= 4 is 12.0 Å². The molecule has 0 aliphatic heterocycles. The number of carbonyl (C=O) groups excluding carboxylic acids is 1. The minimum Gasteiger partial charge on any atom is -0.349 e. The molecule has 2 heteroatoms. The summed E-state index contributed by atoms with van der Waals surface area (Å²) < 4.78 is 0. The molecule has 1 aromatic carbocycles. The number of nitrogens with one attached hydrogen (secondary N) is 1. The topological polar surface area (TPSA) is 29.1 Å². The average molecular weight is 215 g/mol. The maximum atomic E-state index is 11.7. The Morgan fingerprint density at radius 2 is 2.06 bits per heavy atom. The Hall–Kier alpha value is -1.83. The molecule has 0 saturated carbocycles. The van der Waals surface area contributed by atoms with Crippen molar-refractivity contribution < 1.29 is 4.79 Å². The summed E-state index contributed by atoms with van der Waals surface area (Å²) in [6, 6.07) is 9.84. The van der Waals surface area contributed by atoms with Crippen molar-refractivity contribution in [2.75, 3.05) is 6.54 Å². The predicted octanol–water partition coefficient (Wildman–Crippen LogP) is 2.78. The van der Waals surface area contributed by atoms with Gasteiger partial charge in [0, 0.05) is 12.1 Å². The Bertz CT molecular complexity index is 379. The largest absolute Gasteiger partial charge is 0.349 e. The monoisotopic (exact) mass is 215 g/mol. The molecule has 84 valence electrons. The Balaban J connectivity index is 2.77. The fourth-order valence-electron chi connectivity index (χ4n) is 1.36. The smallest absolute Gasteiger partial charge is 0.247 e. The zero-order valence-corrected chi connectivity index (χ0v) is 9.57. The molecule has 0 radical (unpaired) electrons. The van der Waals surface area contributed by atoms with E-state index in [2.05, 4.69) is 11.9 Å². The Morgan fingerprint density at radius 1 is 1.38 bits per heavy atom. The van der Waals surface area contributed by atoms with Crippen LogP contribution in [0, 0.1) is 0 Å². The van der Waals surface area contributed by atoms with Crippen molar-refractivity contribution in [2.24, 2.45) is 0 Å². The second kappa shape index (κ2) is 6.62. The highest BCUT2D eigenvalue weighted by molar-refractivity contribution is 5.97. The lowest BCUT2D eigenvalue weighted by molar-refractivity contribution is -0.117. The maximum absolute atomic E-state index is 11.7. The molecule has 1 amide bonds.